The van der Waals surface area contributed by atoms with E-state index in [4.69, 9.17) is 9.47 Å². The number of methoxy groups -OCH3 is 1. The topological polar surface area (TPSA) is 35.5 Å². The average Bonchev–Trinajstić information content (AvgIpc) is 2.67. The Balaban J connectivity index is 1.75. The van der Waals surface area contributed by atoms with E-state index >= 15 is 0 Å². The monoisotopic (exact) mass is 332 g/mol. The maximum atomic E-state index is 11.5. The molecule has 3 rings (SSSR count). The van der Waals surface area contributed by atoms with E-state index in [1.54, 1.807) is 0 Å². The molecule has 0 atom stereocenters. The summed E-state index contributed by atoms with van der Waals surface area (Å²) in [5, 5.41) is 0. The fourth-order valence-electron chi connectivity index (χ4n) is 2.61. The first kappa shape index (κ1) is 16.8. The maximum absolute atomic E-state index is 11.5. The lowest BCUT2D eigenvalue weighted by atomic mass is 10.0. The van der Waals surface area contributed by atoms with Gasteiger partial charge in [0.2, 0.25) is 0 Å². The van der Waals surface area contributed by atoms with Crippen LogP contribution in [0.25, 0.3) is 11.1 Å². The number of hydrogen-bond donors (Lipinski definition) is 0. The van der Waals surface area contributed by atoms with Crippen LogP contribution in [0.2, 0.25) is 0 Å². The van der Waals surface area contributed by atoms with Crippen molar-refractivity contribution in [1.29, 1.82) is 0 Å². The standard InChI is InChI=1S/C22H20O3/c1-24-22(23)14-18-9-5-10-19(13-18)20-11-6-12-21(15-20)25-16-17-7-3-2-4-8-17/h2-13,15H,14,16H2,1H3. The van der Waals surface area contributed by atoms with Crippen molar-refractivity contribution in [1.82, 2.24) is 0 Å². The molecule has 0 saturated carbocycles. The number of carbonyl (C=O) groups excluding carboxylic acids is 1. The molecule has 0 bridgehead atoms. The zero-order valence-corrected chi connectivity index (χ0v) is 14.1. The van der Waals surface area contributed by atoms with Crippen molar-refractivity contribution in [3.05, 3.63) is 90.0 Å². The molecule has 0 fully saturated rings. The fraction of sp³-hybridized carbons (Fsp3) is 0.136. The van der Waals surface area contributed by atoms with E-state index in [0.717, 1.165) is 28.0 Å². The van der Waals surface area contributed by atoms with Gasteiger partial charge in [0.1, 0.15) is 12.4 Å². The Morgan fingerprint density at radius 3 is 2.24 bits per heavy atom. The molecule has 3 aromatic carbocycles. The third kappa shape index (κ3) is 4.70. The summed E-state index contributed by atoms with van der Waals surface area (Å²) in [6.07, 6.45) is 0.272. The summed E-state index contributed by atoms with van der Waals surface area (Å²) in [7, 11) is 1.40. The van der Waals surface area contributed by atoms with E-state index in [2.05, 4.69) is 0 Å². The van der Waals surface area contributed by atoms with E-state index in [1.165, 1.54) is 7.11 Å². The molecule has 0 saturated heterocycles. The first-order valence-electron chi connectivity index (χ1n) is 8.17. The van der Waals surface area contributed by atoms with Crippen molar-refractivity contribution in [2.45, 2.75) is 13.0 Å². The van der Waals surface area contributed by atoms with Gasteiger partial charge in [0.15, 0.2) is 0 Å². The molecule has 0 aliphatic rings. The highest BCUT2D eigenvalue weighted by atomic mass is 16.5. The lowest BCUT2D eigenvalue weighted by Crippen LogP contribution is -2.04. The van der Waals surface area contributed by atoms with Gasteiger partial charge in [-0.3, -0.25) is 4.79 Å². The van der Waals surface area contributed by atoms with E-state index in [0.29, 0.717) is 6.61 Å². The highest BCUT2D eigenvalue weighted by Gasteiger charge is 2.06. The molecule has 0 spiro atoms. The lowest BCUT2D eigenvalue weighted by Gasteiger charge is -2.09. The predicted molar refractivity (Wildman–Crippen MR) is 98.4 cm³/mol. The first-order valence-corrected chi connectivity index (χ1v) is 8.17. The number of rotatable bonds is 6. The molecule has 0 aromatic heterocycles. The molecule has 0 aliphatic heterocycles. The summed E-state index contributed by atoms with van der Waals surface area (Å²) in [5.41, 5.74) is 4.16. The highest BCUT2D eigenvalue weighted by molar-refractivity contribution is 5.74. The molecule has 0 N–H and O–H groups in total. The second-order valence-corrected chi connectivity index (χ2v) is 5.76. The molecule has 3 nitrogen and oxygen atoms in total. The second-order valence-electron chi connectivity index (χ2n) is 5.76. The Hall–Kier alpha value is -3.07. The summed E-state index contributed by atoms with van der Waals surface area (Å²) >= 11 is 0. The summed E-state index contributed by atoms with van der Waals surface area (Å²) in [6.45, 7) is 0.534. The molecule has 3 aromatic rings. The Bertz CT molecular complexity index is 841. The lowest BCUT2D eigenvalue weighted by molar-refractivity contribution is -0.139. The molecule has 126 valence electrons. The van der Waals surface area contributed by atoms with Crippen LogP contribution in [-0.2, 0) is 22.6 Å². The molecular formula is C22H20O3. The minimum atomic E-state index is -0.239. The quantitative estimate of drug-likeness (QED) is 0.617. The minimum absolute atomic E-state index is 0.239. The smallest absolute Gasteiger partial charge is 0.309 e. The van der Waals surface area contributed by atoms with Crippen LogP contribution in [-0.4, -0.2) is 13.1 Å². The number of carbonyl (C=O) groups is 1. The molecule has 0 radical (unpaired) electrons. The Kier molecular flexibility index (Phi) is 5.47. The van der Waals surface area contributed by atoms with Crippen LogP contribution in [0, 0.1) is 0 Å². The van der Waals surface area contributed by atoms with Crippen molar-refractivity contribution in [3.8, 4) is 16.9 Å². The van der Waals surface area contributed by atoms with E-state index < -0.39 is 0 Å². The molecule has 0 aliphatic carbocycles. The average molecular weight is 332 g/mol. The van der Waals surface area contributed by atoms with Crippen LogP contribution < -0.4 is 4.74 Å². The van der Waals surface area contributed by atoms with Gasteiger partial charge in [-0.05, 0) is 34.4 Å². The molecule has 3 heteroatoms. The summed E-state index contributed by atoms with van der Waals surface area (Å²) < 4.78 is 10.6. The van der Waals surface area contributed by atoms with Crippen LogP contribution in [0.4, 0.5) is 0 Å². The van der Waals surface area contributed by atoms with Gasteiger partial charge in [-0.15, -0.1) is 0 Å². The minimum Gasteiger partial charge on any atom is -0.489 e. The second kappa shape index (κ2) is 8.15. The maximum Gasteiger partial charge on any atom is 0.309 e. The van der Waals surface area contributed by atoms with Crippen molar-refractivity contribution < 1.29 is 14.3 Å². The van der Waals surface area contributed by atoms with Gasteiger partial charge in [-0.2, -0.15) is 0 Å². The third-order valence-corrected chi connectivity index (χ3v) is 3.92. The van der Waals surface area contributed by atoms with Crippen LogP contribution in [0.1, 0.15) is 11.1 Å². The van der Waals surface area contributed by atoms with E-state index in [1.807, 2.05) is 78.9 Å². The van der Waals surface area contributed by atoms with Gasteiger partial charge >= 0.3 is 5.97 Å². The number of hydrogen-bond acceptors (Lipinski definition) is 3. The van der Waals surface area contributed by atoms with E-state index in [-0.39, 0.29) is 12.4 Å². The van der Waals surface area contributed by atoms with Gasteiger partial charge < -0.3 is 9.47 Å². The number of ether oxygens (including phenoxy) is 2. The zero-order valence-electron chi connectivity index (χ0n) is 14.1. The van der Waals surface area contributed by atoms with Crippen LogP contribution >= 0.6 is 0 Å². The van der Waals surface area contributed by atoms with Crippen molar-refractivity contribution in [2.24, 2.45) is 0 Å². The summed E-state index contributed by atoms with van der Waals surface area (Å²) in [4.78, 5) is 11.5. The largest absolute Gasteiger partial charge is 0.489 e. The van der Waals surface area contributed by atoms with Crippen molar-refractivity contribution in [3.63, 3.8) is 0 Å². The van der Waals surface area contributed by atoms with Crippen LogP contribution in [0.3, 0.4) is 0 Å². The normalized spacial score (nSPS) is 10.3. The number of benzene rings is 3. The van der Waals surface area contributed by atoms with Crippen LogP contribution in [0.15, 0.2) is 78.9 Å². The summed E-state index contributed by atoms with van der Waals surface area (Å²) in [5.74, 6) is 0.580. The predicted octanol–water partition coefficient (Wildman–Crippen LogP) is 4.65. The Labute approximate surface area is 147 Å². The van der Waals surface area contributed by atoms with Gasteiger partial charge in [0.25, 0.3) is 0 Å². The van der Waals surface area contributed by atoms with E-state index in [9.17, 15) is 4.79 Å². The Morgan fingerprint density at radius 2 is 1.48 bits per heavy atom. The number of esters is 1. The van der Waals surface area contributed by atoms with Crippen molar-refractivity contribution >= 4 is 5.97 Å². The summed E-state index contributed by atoms with van der Waals surface area (Å²) in [6, 6.07) is 26.0. The van der Waals surface area contributed by atoms with Gasteiger partial charge in [-0.25, -0.2) is 0 Å². The van der Waals surface area contributed by atoms with Crippen molar-refractivity contribution in [2.75, 3.05) is 7.11 Å². The van der Waals surface area contributed by atoms with Gasteiger partial charge in [0, 0.05) is 0 Å². The molecule has 0 heterocycles. The SMILES string of the molecule is COC(=O)Cc1cccc(-c2cccc(OCc3ccccc3)c2)c1. The Morgan fingerprint density at radius 1 is 0.800 bits per heavy atom. The van der Waals surface area contributed by atoms with Gasteiger partial charge in [0.05, 0.1) is 13.5 Å². The third-order valence-electron chi connectivity index (χ3n) is 3.92. The molecule has 0 unspecified atom stereocenters. The molecule has 0 amide bonds. The highest BCUT2D eigenvalue weighted by Crippen LogP contribution is 2.25. The van der Waals surface area contributed by atoms with Crippen LogP contribution in [0.5, 0.6) is 5.75 Å². The fourth-order valence-corrected chi connectivity index (χ4v) is 2.61. The van der Waals surface area contributed by atoms with Gasteiger partial charge in [-0.1, -0.05) is 66.7 Å². The zero-order chi connectivity index (χ0) is 17.5. The molecular weight excluding hydrogens is 312 g/mol. The first-order chi connectivity index (χ1) is 12.2. The molecule has 25 heavy (non-hydrogen) atoms.